The van der Waals surface area contributed by atoms with Crippen molar-refractivity contribution >= 4 is 33.0 Å². The molecule has 146 valence electrons. The Balaban J connectivity index is 0.000000321. The lowest BCUT2D eigenvalue weighted by Crippen LogP contribution is -2.29. The third-order valence-corrected chi connectivity index (χ3v) is 3.73. The second-order valence-electron chi connectivity index (χ2n) is 5.59. The summed E-state index contributed by atoms with van der Waals surface area (Å²) in [5.41, 5.74) is 1.69. The van der Waals surface area contributed by atoms with Gasteiger partial charge in [0.15, 0.2) is 5.58 Å². The Morgan fingerprint density at radius 1 is 1.44 bits per heavy atom. The molecule has 0 aliphatic carbocycles. The monoisotopic (exact) mass is 448 g/mol. The van der Waals surface area contributed by atoms with E-state index in [4.69, 9.17) is 14.3 Å². The van der Waals surface area contributed by atoms with Crippen LogP contribution in [-0.2, 0) is 17.9 Å². The minimum absolute atomic E-state index is 0.331. The van der Waals surface area contributed by atoms with Crippen molar-refractivity contribution in [2.24, 2.45) is 0 Å². The van der Waals surface area contributed by atoms with Crippen LogP contribution in [-0.4, -0.2) is 37.8 Å². The smallest absolute Gasteiger partial charge is 0.475 e. The Morgan fingerprint density at radius 2 is 2.15 bits per heavy atom. The fourth-order valence-electron chi connectivity index (χ4n) is 2.08. The highest BCUT2D eigenvalue weighted by Gasteiger charge is 2.38. The number of nitrogens with zero attached hydrogens (tertiary/aromatic N) is 3. The van der Waals surface area contributed by atoms with Crippen molar-refractivity contribution in [3.8, 4) is 0 Å². The lowest BCUT2D eigenvalue weighted by Gasteiger charge is -2.13. The van der Waals surface area contributed by atoms with Crippen LogP contribution in [0.4, 0.5) is 13.2 Å². The molecule has 0 aliphatic rings. The zero-order chi connectivity index (χ0) is 20.0. The van der Waals surface area contributed by atoms with Gasteiger partial charge in [-0.25, -0.2) is 9.78 Å². The van der Waals surface area contributed by atoms with Gasteiger partial charge in [0.25, 0.3) is 0 Å². The Kier molecular flexibility index (Phi) is 6.97. The quantitative estimate of drug-likeness (QED) is 0.619. The first-order valence-electron chi connectivity index (χ1n) is 7.68. The molecule has 3 aromatic rings. The number of carbonyl (C=O) groups is 1. The molecule has 7 nitrogen and oxygen atoms in total. The Hall–Kier alpha value is -2.40. The molecule has 11 heteroatoms. The summed E-state index contributed by atoms with van der Waals surface area (Å²) in [5.74, 6) is -1.87. The van der Waals surface area contributed by atoms with Crippen LogP contribution in [0.2, 0.25) is 0 Å². The van der Waals surface area contributed by atoms with E-state index in [9.17, 15) is 13.2 Å². The van der Waals surface area contributed by atoms with Crippen LogP contribution >= 0.6 is 15.9 Å². The molecule has 1 atom stereocenters. The zero-order valence-corrected chi connectivity index (χ0v) is 15.7. The third kappa shape index (κ3) is 6.68. The lowest BCUT2D eigenvalue weighted by molar-refractivity contribution is -0.192. The van der Waals surface area contributed by atoms with Crippen LogP contribution in [0.5, 0.6) is 0 Å². The molecule has 0 aliphatic heterocycles. The maximum atomic E-state index is 10.6. The second kappa shape index (κ2) is 9.00. The van der Waals surface area contributed by atoms with Crippen molar-refractivity contribution in [2.45, 2.75) is 32.2 Å². The molecule has 0 radical (unpaired) electrons. The van der Waals surface area contributed by atoms with Crippen LogP contribution < -0.4 is 5.32 Å². The fourth-order valence-corrected chi connectivity index (χ4v) is 2.39. The summed E-state index contributed by atoms with van der Waals surface area (Å²) in [6, 6.07) is 4.23. The number of halogens is 4. The molecule has 2 N–H and O–H groups in total. The van der Waals surface area contributed by atoms with Crippen molar-refractivity contribution in [1.29, 1.82) is 0 Å². The first-order valence-corrected chi connectivity index (χ1v) is 8.47. The van der Waals surface area contributed by atoms with Crippen LogP contribution in [0, 0.1) is 0 Å². The summed E-state index contributed by atoms with van der Waals surface area (Å²) in [5, 5.41) is 10.6. The minimum atomic E-state index is -5.08. The van der Waals surface area contributed by atoms with Gasteiger partial charge in [-0.05, 0) is 28.9 Å². The lowest BCUT2D eigenvalue weighted by atomic mass is 10.3. The van der Waals surface area contributed by atoms with Gasteiger partial charge in [-0.1, -0.05) is 0 Å². The van der Waals surface area contributed by atoms with E-state index < -0.39 is 12.1 Å². The molecule has 0 bridgehead atoms. The van der Waals surface area contributed by atoms with Crippen LogP contribution in [0.25, 0.3) is 11.1 Å². The van der Waals surface area contributed by atoms with E-state index in [1.807, 2.05) is 24.7 Å². The average molecular weight is 449 g/mol. The third-order valence-electron chi connectivity index (χ3n) is 3.30. The number of fused-ring (bicyclic) bond motifs is 1. The summed E-state index contributed by atoms with van der Waals surface area (Å²) in [4.78, 5) is 17.2. The zero-order valence-electron chi connectivity index (χ0n) is 14.1. The highest BCUT2D eigenvalue weighted by molar-refractivity contribution is 9.10. The number of aliphatic carboxylic acids is 1. The average Bonchev–Trinajstić information content (AvgIpc) is 3.21. The van der Waals surface area contributed by atoms with E-state index >= 15 is 0 Å². The number of hydrogen-bond acceptors (Lipinski definition) is 5. The number of rotatable bonds is 5. The normalized spacial score (nSPS) is 12.5. The topological polar surface area (TPSA) is 93.2 Å². The van der Waals surface area contributed by atoms with Crippen LogP contribution in [0.15, 0.2) is 45.9 Å². The van der Waals surface area contributed by atoms with E-state index in [0.29, 0.717) is 12.6 Å². The van der Waals surface area contributed by atoms with Gasteiger partial charge >= 0.3 is 12.1 Å². The van der Waals surface area contributed by atoms with E-state index in [-0.39, 0.29) is 0 Å². The van der Waals surface area contributed by atoms with E-state index in [2.05, 4.69) is 42.7 Å². The molecule has 27 heavy (non-hydrogen) atoms. The Bertz CT molecular complexity index is 881. The standard InChI is InChI=1S/C14H15BrN4O.C2HF3O2/c1-10(8-19-3-2-16-9-19)17-7-12-5-13-14(20-12)4-11(15)6-18-13;3-2(4,5)1(6)7/h2-6,9-10,17H,7-8H2,1H3;(H,6,7). The van der Waals surface area contributed by atoms with Gasteiger partial charge in [-0.15, -0.1) is 0 Å². The number of alkyl halides is 3. The van der Waals surface area contributed by atoms with E-state index in [0.717, 1.165) is 27.9 Å². The first-order chi connectivity index (χ1) is 12.6. The van der Waals surface area contributed by atoms with Crippen LogP contribution in [0.3, 0.4) is 0 Å². The largest absolute Gasteiger partial charge is 0.490 e. The Labute approximate surface area is 160 Å². The van der Waals surface area contributed by atoms with Gasteiger partial charge in [0.2, 0.25) is 0 Å². The Morgan fingerprint density at radius 3 is 2.74 bits per heavy atom. The summed E-state index contributed by atoms with van der Waals surface area (Å²) in [7, 11) is 0. The summed E-state index contributed by atoms with van der Waals surface area (Å²) >= 11 is 3.39. The maximum Gasteiger partial charge on any atom is 0.490 e. The molecule has 0 fully saturated rings. The van der Waals surface area contributed by atoms with Gasteiger partial charge in [-0.3, -0.25) is 4.98 Å². The van der Waals surface area contributed by atoms with Crippen molar-refractivity contribution in [3.05, 3.63) is 47.3 Å². The number of furan rings is 1. The van der Waals surface area contributed by atoms with E-state index in [1.165, 1.54) is 0 Å². The van der Waals surface area contributed by atoms with Gasteiger partial charge in [-0.2, -0.15) is 13.2 Å². The molecular weight excluding hydrogens is 433 g/mol. The number of carboxylic acids is 1. The minimum Gasteiger partial charge on any atom is -0.475 e. The molecule has 3 rings (SSSR count). The second-order valence-corrected chi connectivity index (χ2v) is 6.51. The number of carboxylic acid groups (broad SMARTS) is 1. The molecule has 0 saturated carbocycles. The molecular formula is C16H16BrF3N4O3. The SMILES string of the molecule is CC(Cn1ccnc1)NCc1cc2ncc(Br)cc2o1.O=C(O)C(F)(F)F. The summed E-state index contributed by atoms with van der Waals surface area (Å²) < 4.78 is 40.5. The molecule has 3 heterocycles. The highest BCUT2D eigenvalue weighted by Crippen LogP contribution is 2.21. The fraction of sp³-hybridized carbons (Fsp3) is 0.312. The van der Waals surface area contributed by atoms with Gasteiger partial charge in [0.1, 0.15) is 11.3 Å². The molecule has 1 unspecified atom stereocenters. The molecule has 3 aromatic heterocycles. The van der Waals surface area contributed by atoms with Crippen LogP contribution in [0.1, 0.15) is 12.7 Å². The first kappa shape index (κ1) is 20.9. The van der Waals surface area contributed by atoms with Crippen molar-refractivity contribution in [3.63, 3.8) is 0 Å². The van der Waals surface area contributed by atoms with Gasteiger partial charge < -0.3 is 19.4 Å². The number of hydrogen-bond donors (Lipinski definition) is 2. The summed E-state index contributed by atoms with van der Waals surface area (Å²) in [6.45, 7) is 3.70. The molecule has 0 spiro atoms. The van der Waals surface area contributed by atoms with Gasteiger partial charge in [0, 0.05) is 41.7 Å². The predicted molar refractivity (Wildman–Crippen MR) is 93.9 cm³/mol. The number of aromatic nitrogens is 3. The predicted octanol–water partition coefficient (Wildman–Crippen LogP) is 3.60. The maximum absolute atomic E-state index is 10.6. The van der Waals surface area contributed by atoms with Crippen molar-refractivity contribution in [2.75, 3.05) is 0 Å². The molecule has 0 aromatic carbocycles. The van der Waals surface area contributed by atoms with Gasteiger partial charge in [0.05, 0.1) is 12.9 Å². The molecule has 0 saturated heterocycles. The number of nitrogens with one attached hydrogen (secondary N) is 1. The van der Waals surface area contributed by atoms with Crippen molar-refractivity contribution in [1.82, 2.24) is 19.9 Å². The van der Waals surface area contributed by atoms with Crippen molar-refractivity contribution < 1.29 is 27.5 Å². The highest BCUT2D eigenvalue weighted by atomic mass is 79.9. The van der Waals surface area contributed by atoms with E-state index in [1.54, 1.807) is 12.4 Å². The number of imidazole rings is 1. The molecule has 0 amide bonds. The summed E-state index contributed by atoms with van der Waals surface area (Å²) in [6.07, 6.45) is 2.26. The number of pyridine rings is 1.